The highest BCUT2D eigenvalue weighted by Gasteiger charge is 2.44. The summed E-state index contributed by atoms with van der Waals surface area (Å²) in [7, 11) is 0. The van der Waals surface area contributed by atoms with E-state index in [1.54, 1.807) is 11.1 Å². The van der Waals surface area contributed by atoms with E-state index in [2.05, 4.69) is 5.10 Å². The Balaban J connectivity index is 1.43. The quantitative estimate of drug-likeness (QED) is 0.793. The van der Waals surface area contributed by atoms with Crippen LogP contribution in [0.5, 0.6) is 5.75 Å². The van der Waals surface area contributed by atoms with Gasteiger partial charge in [-0.2, -0.15) is 5.10 Å². The molecule has 2 aliphatic rings. The van der Waals surface area contributed by atoms with Crippen LogP contribution in [0.4, 0.5) is 18.0 Å². The second-order valence-corrected chi connectivity index (χ2v) is 6.88. The summed E-state index contributed by atoms with van der Waals surface area (Å²) < 4.78 is 45.9. The van der Waals surface area contributed by atoms with E-state index in [1.807, 2.05) is 6.92 Å². The van der Waals surface area contributed by atoms with Gasteiger partial charge < -0.3 is 9.64 Å². The van der Waals surface area contributed by atoms with Gasteiger partial charge in [0.15, 0.2) is 0 Å². The number of carbonyl (C=O) groups excluding carboxylic acids is 1. The minimum absolute atomic E-state index is 0.224. The van der Waals surface area contributed by atoms with Gasteiger partial charge >= 0.3 is 6.03 Å². The van der Waals surface area contributed by atoms with Gasteiger partial charge in [0.05, 0.1) is 18.6 Å². The van der Waals surface area contributed by atoms with Crippen LogP contribution in [-0.4, -0.2) is 40.8 Å². The number of ether oxygens (including phenoxy) is 1. The van der Waals surface area contributed by atoms with Gasteiger partial charge in [-0.3, -0.25) is 0 Å². The van der Waals surface area contributed by atoms with Gasteiger partial charge in [0.1, 0.15) is 29.3 Å². The molecule has 5 nitrogen and oxygen atoms in total. The lowest BCUT2D eigenvalue weighted by Crippen LogP contribution is -2.64. The fourth-order valence-corrected chi connectivity index (χ4v) is 3.43. The summed E-state index contributed by atoms with van der Waals surface area (Å²) in [5.74, 6) is -1.21. The molecule has 3 atom stereocenters. The molecule has 0 aliphatic carbocycles. The van der Waals surface area contributed by atoms with Gasteiger partial charge in [-0.1, -0.05) is 0 Å². The second-order valence-electron chi connectivity index (χ2n) is 6.88. The lowest BCUT2D eigenvalue weighted by Gasteiger charge is -2.46. The third kappa shape index (κ3) is 3.42. The van der Waals surface area contributed by atoms with Crippen molar-refractivity contribution >= 4 is 12.2 Å². The lowest BCUT2D eigenvalue weighted by molar-refractivity contribution is -0.0197. The summed E-state index contributed by atoms with van der Waals surface area (Å²) in [5.41, 5.74) is 0.357. The van der Waals surface area contributed by atoms with Crippen molar-refractivity contribution in [3.05, 3.63) is 65.5 Å². The third-order valence-electron chi connectivity index (χ3n) is 5.05. The van der Waals surface area contributed by atoms with E-state index in [0.717, 1.165) is 6.07 Å². The van der Waals surface area contributed by atoms with Crippen molar-refractivity contribution in [3.63, 3.8) is 0 Å². The van der Waals surface area contributed by atoms with E-state index in [0.29, 0.717) is 24.3 Å². The maximum absolute atomic E-state index is 13.6. The summed E-state index contributed by atoms with van der Waals surface area (Å²) in [6.45, 7) is 2.18. The number of rotatable bonds is 3. The Bertz CT molecular complexity index is 899. The van der Waals surface area contributed by atoms with E-state index < -0.39 is 17.7 Å². The molecule has 4 rings (SSSR count). The molecule has 2 aromatic rings. The Morgan fingerprint density at radius 3 is 2.39 bits per heavy atom. The first-order valence-corrected chi connectivity index (χ1v) is 8.93. The van der Waals surface area contributed by atoms with Crippen LogP contribution in [0, 0.1) is 17.5 Å². The Hall–Kier alpha value is -3.03. The zero-order valence-corrected chi connectivity index (χ0v) is 15.1. The normalized spacial score (nSPS) is 23.6. The first-order valence-electron chi connectivity index (χ1n) is 8.93. The Kier molecular flexibility index (Phi) is 4.70. The average molecular weight is 389 g/mol. The summed E-state index contributed by atoms with van der Waals surface area (Å²) in [5, 5.41) is 5.35. The average Bonchev–Trinajstić information content (AvgIpc) is 3.14. The number of carbonyl (C=O) groups is 1. The third-order valence-corrected chi connectivity index (χ3v) is 5.05. The monoisotopic (exact) mass is 389 g/mol. The van der Waals surface area contributed by atoms with Crippen LogP contribution >= 0.6 is 0 Å². The molecule has 2 heterocycles. The minimum atomic E-state index is -0.695. The van der Waals surface area contributed by atoms with Gasteiger partial charge in [-0.25, -0.2) is 23.0 Å². The van der Waals surface area contributed by atoms with Crippen molar-refractivity contribution in [2.75, 3.05) is 6.54 Å². The molecule has 0 saturated carbocycles. The maximum atomic E-state index is 13.6. The molecule has 2 aliphatic heterocycles. The second kappa shape index (κ2) is 7.18. The van der Waals surface area contributed by atoms with Crippen molar-refractivity contribution in [2.24, 2.45) is 5.10 Å². The van der Waals surface area contributed by atoms with E-state index in [1.165, 1.54) is 41.4 Å². The van der Waals surface area contributed by atoms with Crippen LogP contribution in [-0.2, 0) is 0 Å². The molecule has 8 heteroatoms. The van der Waals surface area contributed by atoms with Crippen molar-refractivity contribution in [1.29, 1.82) is 0 Å². The van der Waals surface area contributed by atoms with Crippen molar-refractivity contribution in [2.45, 2.75) is 31.5 Å². The Labute approximate surface area is 160 Å². The molecule has 28 heavy (non-hydrogen) atoms. The SMILES string of the molecule is C[C@@H]1[C@@H](Oc2ccc(F)cc2)CN1C(=O)N1N=CCC1c1cc(F)cc(F)c1. The number of benzene rings is 2. The fraction of sp³-hybridized carbons (Fsp3) is 0.300. The van der Waals surface area contributed by atoms with Gasteiger partial charge in [0.2, 0.25) is 0 Å². The number of nitrogens with zero attached hydrogens (tertiary/aromatic N) is 3. The lowest BCUT2D eigenvalue weighted by atomic mass is 10.0. The predicted molar refractivity (Wildman–Crippen MR) is 96.4 cm³/mol. The number of likely N-dealkylation sites (tertiary alicyclic amines) is 1. The highest BCUT2D eigenvalue weighted by atomic mass is 19.1. The van der Waals surface area contributed by atoms with Gasteiger partial charge in [0, 0.05) is 18.7 Å². The molecule has 2 aromatic carbocycles. The van der Waals surface area contributed by atoms with Crippen LogP contribution in [0.25, 0.3) is 0 Å². The molecule has 1 fully saturated rings. The summed E-state index contributed by atoms with van der Waals surface area (Å²) >= 11 is 0. The topological polar surface area (TPSA) is 45.1 Å². The summed E-state index contributed by atoms with van der Waals surface area (Å²) in [6.07, 6.45) is 1.71. The standard InChI is InChI=1S/C20H18F3N3O2/c1-12-19(28-17-4-2-14(21)3-5-17)11-25(12)20(27)26-18(6-7-24-26)13-8-15(22)10-16(23)9-13/h2-5,7-10,12,18-19H,6,11H2,1H3/t12-,18?,19+/m1/s1. The van der Waals surface area contributed by atoms with Crippen molar-refractivity contribution < 1.29 is 22.7 Å². The maximum Gasteiger partial charge on any atom is 0.341 e. The van der Waals surface area contributed by atoms with E-state index in [9.17, 15) is 18.0 Å². The Morgan fingerprint density at radius 1 is 1.07 bits per heavy atom. The summed E-state index contributed by atoms with van der Waals surface area (Å²) in [6, 6.07) is 7.77. The van der Waals surface area contributed by atoms with Gasteiger partial charge in [0.25, 0.3) is 0 Å². The summed E-state index contributed by atoms with van der Waals surface area (Å²) in [4.78, 5) is 14.5. The molecular formula is C20H18F3N3O2. The van der Waals surface area contributed by atoms with Crippen LogP contribution in [0.2, 0.25) is 0 Å². The van der Waals surface area contributed by atoms with Crippen LogP contribution < -0.4 is 4.74 Å². The molecule has 0 N–H and O–H groups in total. The predicted octanol–water partition coefficient (Wildman–Crippen LogP) is 4.11. The zero-order valence-electron chi connectivity index (χ0n) is 15.1. The van der Waals surface area contributed by atoms with Crippen LogP contribution in [0.3, 0.4) is 0 Å². The van der Waals surface area contributed by atoms with Gasteiger partial charge in [-0.05, 0) is 48.9 Å². The number of halogens is 3. The number of hydrogen-bond donors (Lipinski definition) is 0. The van der Waals surface area contributed by atoms with Crippen molar-refractivity contribution in [1.82, 2.24) is 9.91 Å². The van der Waals surface area contributed by atoms with Crippen LogP contribution in [0.1, 0.15) is 24.9 Å². The number of amides is 2. The minimum Gasteiger partial charge on any atom is -0.486 e. The molecule has 2 amide bonds. The molecule has 0 bridgehead atoms. The van der Waals surface area contributed by atoms with Gasteiger partial charge in [-0.15, -0.1) is 0 Å². The molecule has 0 radical (unpaired) electrons. The molecule has 0 spiro atoms. The highest BCUT2D eigenvalue weighted by Crippen LogP contribution is 2.33. The van der Waals surface area contributed by atoms with E-state index in [4.69, 9.17) is 4.74 Å². The molecule has 1 unspecified atom stereocenters. The Morgan fingerprint density at radius 2 is 1.75 bits per heavy atom. The number of hydrazone groups is 1. The zero-order chi connectivity index (χ0) is 19.8. The molecule has 1 saturated heterocycles. The first kappa shape index (κ1) is 18.3. The number of hydrogen-bond acceptors (Lipinski definition) is 3. The molecular weight excluding hydrogens is 371 g/mol. The van der Waals surface area contributed by atoms with E-state index in [-0.39, 0.29) is 24.0 Å². The molecule has 0 aromatic heterocycles. The number of urea groups is 1. The first-order chi connectivity index (χ1) is 13.4. The highest BCUT2D eigenvalue weighted by molar-refractivity contribution is 5.79. The largest absolute Gasteiger partial charge is 0.486 e. The smallest absolute Gasteiger partial charge is 0.341 e. The fourth-order valence-electron chi connectivity index (χ4n) is 3.43. The van der Waals surface area contributed by atoms with Crippen LogP contribution in [0.15, 0.2) is 47.6 Å². The van der Waals surface area contributed by atoms with Crippen molar-refractivity contribution in [3.8, 4) is 5.75 Å². The molecule has 146 valence electrons. The van der Waals surface area contributed by atoms with E-state index >= 15 is 0 Å².